The Hall–Kier alpha value is -3.76. The van der Waals surface area contributed by atoms with Crippen molar-refractivity contribution in [2.45, 2.75) is 25.9 Å². The summed E-state index contributed by atoms with van der Waals surface area (Å²) in [5.74, 6) is -0.733. The number of tetrazole rings is 1. The molecule has 2 aromatic carbocycles. The fraction of sp³-hybridized carbons (Fsp3) is 0.318. The lowest BCUT2D eigenvalue weighted by Gasteiger charge is -2.31. The van der Waals surface area contributed by atoms with Gasteiger partial charge < -0.3 is 10.2 Å². The summed E-state index contributed by atoms with van der Waals surface area (Å²) in [6, 6.07) is 9.59. The van der Waals surface area contributed by atoms with Crippen LogP contribution in [0.5, 0.6) is 0 Å². The highest BCUT2D eigenvalue weighted by Crippen LogP contribution is 2.29. The zero-order valence-electron chi connectivity index (χ0n) is 17.7. The molecular weight excluding hydrogens is 437 g/mol. The molecular formula is C22H21F3N6O2. The topological polar surface area (TPSA) is 93.0 Å². The first-order valence-electron chi connectivity index (χ1n) is 10.3. The summed E-state index contributed by atoms with van der Waals surface area (Å²) in [4.78, 5) is 26.9. The molecule has 3 aromatic rings. The number of aromatic nitrogens is 4. The van der Waals surface area contributed by atoms with Gasteiger partial charge >= 0.3 is 6.18 Å². The number of hydrogen-bond donors (Lipinski definition) is 1. The van der Waals surface area contributed by atoms with Gasteiger partial charge in [0.05, 0.1) is 11.3 Å². The van der Waals surface area contributed by atoms with Gasteiger partial charge in [0, 0.05) is 30.3 Å². The van der Waals surface area contributed by atoms with Crippen LogP contribution < -0.4 is 5.32 Å². The summed E-state index contributed by atoms with van der Waals surface area (Å²) in [6.07, 6.45) is -2.01. The number of halogens is 3. The van der Waals surface area contributed by atoms with Crippen LogP contribution in [-0.4, -0.2) is 50.0 Å². The number of hydrogen-bond acceptors (Lipinski definition) is 5. The number of nitrogens with zero attached hydrogens (tertiary/aromatic N) is 5. The van der Waals surface area contributed by atoms with E-state index in [-0.39, 0.29) is 23.3 Å². The molecule has 1 aromatic heterocycles. The fourth-order valence-corrected chi connectivity index (χ4v) is 3.84. The molecule has 4 rings (SSSR count). The smallest absolute Gasteiger partial charge is 0.339 e. The first-order valence-corrected chi connectivity index (χ1v) is 10.3. The highest BCUT2D eigenvalue weighted by atomic mass is 19.4. The molecule has 2 amide bonds. The van der Waals surface area contributed by atoms with Crippen molar-refractivity contribution in [2.24, 2.45) is 5.92 Å². The van der Waals surface area contributed by atoms with Gasteiger partial charge in [0.25, 0.3) is 5.91 Å². The van der Waals surface area contributed by atoms with Crippen LogP contribution in [0.1, 0.15) is 34.3 Å². The number of aryl methyl sites for hydroxylation is 1. The summed E-state index contributed by atoms with van der Waals surface area (Å²) in [6.45, 7) is 2.60. The number of amides is 2. The minimum absolute atomic E-state index is 0.133. The molecule has 1 fully saturated rings. The molecule has 11 heteroatoms. The van der Waals surface area contributed by atoms with E-state index in [0.717, 1.165) is 23.4 Å². The average Bonchev–Trinajstić information content (AvgIpc) is 3.33. The van der Waals surface area contributed by atoms with Crippen molar-refractivity contribution in [1.29, 1.82) is 0 Å². The molecule has 1 N–H and O–H groups in total. The van der Waals surface area contributed by atoms with Gasteiger partial charge in [-0.3, -0.25) is 9.59 Å². The predicted molar refractivity (Wildman–Crippen MR) is 113 cm³/mol. The second kappa shape index (κ2) is 9.00. The summed E-state index contributed by atoms with van der Waals surface area (Å²) in [5.41, 5.74) is 1.74. The third-order valence-corrected chi connectivity index (χ3v) is 5.67. The third kappa shape index (κ3) is 5.02. The average molecular weight is 458 g/mol. The Morgan fingerprint density at radius 2 is 1.76 bits per heavy atom. The minimum Gasteiger partial charge on any atom is -0.339 e. The molecule has 172 valence electrons. The zero-order chi connectivity index (χ0) is 23.6. The maximum atomic E-state index is 12.7. The lowest BCUT2D eigenvalue weighted by molar-refractivity contribution is -0.137. The maximum absolute atomic E-state index is 12.7. The van der Waals surface area contributed by atoms with E-state index in [0.29, 0.717) is 31.6 Å². The second-order valence-corrected chi connectivity index (χ2v) is 7.89. The van der Waals surface area contributed by atoms with E-state index in [1.807, 2.05) is 19.1 Å². The van der Waals surface area contributed by atoms with Crippen LogP contribution in [0.3, 0.4) is 0 Å². The number of carbonyl (C=O) groups excluding carboxylic acids is 2. The summed E-state index contributed by atoms with van der Waals surface area (Å²) in [7, 11) is 0. The van der Waals surface area contributed by atoms with E-state index in [2.05, 4.69) is 20.8 Å². The van der Waals surface area contributed by atoms with E-state index in [1.54, 1.807) is 11.0 Å². The van der Waals surface area contributed by atoms with Crippen LogP contribution in [0.4, 0.5) is 18.9 Å². The standard InChI is InChI=1S/C22H21F3N6O2/c1-14-12-18(6-7-19(14)31-13-26-28-29-31)27-20(32)15-8-10-30(11-9-15)21(33)16-2-4-17(5-3-16)22(23,24)25/h2-7,12-13,15H,8-11H2,1H3,(H,27,32). The van der Waals surface area contributed by atoms with Crippen LogP contribution >= 0.6 is 0 Å². The number of carbonyl (C=O) groups is 2. The largest absolute Gasteiger partial charge is 0.416 e. The first kappa shape index (κ1) is 22.4. The molecule has 2 heterocycles. The third-order valence-electron chi connectivity index (χ3n) is 5.67. The number of benzene rings is 2. The van der Waals surface area contributed by atoms with Gasteiger partial charge in [-0.25, -0.2) is 4.68 Å². The Balaban J connectivity index is 1.32. The molecule has 33 heavy (non-hydrogen) atoms. The fourth-order valence-electron chi connectivity index (χ4n) is 3.84. The number of rotatable bonds is 4. The Labute approximate surface area is 187 Å². The quantitative estimate of drug-likeness (QED) is 0.646. The van der Waals surface area contributed by atoms with E-state index < -0.39 is 11.7 Å². The van der Waals surface area contributed by atoms with Gasteiger partial charge in [0.15, 0.2) is 0 Å². The number of piperidine rings is 1. The van der Waals surface area contributed by atoms with Crippen molar-refractivity contribution in [3.8, 4) is 5.69 Å². The number of anilines is 1. The molecule has 1 aliphatic rings. The van der Waals surface area contributed by atoms with Crippen LogP contribution in [0, 0.1) is 12.8 Å². The lowest BCUT2D eigenvalue weighted by Crippen LogP contribution is -2.41. The van der Waals surface area contributed by atoms with Gasteiger partial charge in [-0.15, -0.1) is 5.10 Å². The Bertz CT molecular complexity index is 1140. The molecule has 1 saturated heterocycles. The normalized spacial score (nSPS) is 14.8. The minimum atomic E-state index is -4.44. The molecule has 0 bridgehead atoms. The van der Waals surface area contributed by atoms with Crippen molar-refractivity contribution in [1.82, 2.24) is 25.1 Å². The molecule has 0 atom stereocenters. The van der Waals surface area contributed by atoms with Gasteiger partial charge in [-0.05, 0) is 78.2 Å². The molecule has 0 unspecified atom stereocenters. The zero-order valence-corrected chi connectivity index (χ0v) is 17.7. The molecule has 8 nitrogen and oxygen atoms in total. The van der Waals surface area contributed by atoms with E-state index >= 15 is 0 Å². The van der Waals surface area contributed by atoms with Crippen molar-refractivity contribution in [3.63, 3.8) is 0 Å². The van der Waals surface area contributed by atoms with Crippen LogP contribution in [0.2, 0.25) is 0 Å². The van der Waals surface area contributed by atoms with Crippen LogP contribution in [0.25, 0.3) is 5.69 Å². The van der Waals surface area contributed by atoms with Gasteiger partial charge in [-0.1, -0.05) is 0 Å². The maximum Gasteiger partial charge on any atom is 0.416 e. The van der Waals surface area contributed by atoms with E-state index in [9.17, 15) is 22.8 Å². The van der Waals surface area contributed by atoms with Crippen molar-refractivity contribution < 1.29 is 22.8 Å². The number of likely N-dealkylation sites (tertiary alicyclic amines) is 1. The van der Waals surface area contributed by atoms with Crippen LogP contribution in [-0.2, 0) is 11.0 Å². The Kier molecular flexibility index (Phi) is 6.12. The predicted octanol–water partition coefficient (Wildman–Crippen LogP) is 3.48. The van der Waals surface area contributed by atoms with Crippen molar-refractivity contribution >= 4 is 17.5 Å². The highest BCUT2D eigenvalue weighted by molar-refractivity contribution is 5.95. The van der Waals surface area contributed by atoms with Crippen LogP contribution in [0.15, 0.2) is 48.8 Å². The molecule has 0 aliphatic carbocycles. The molecule has 0 radical (unpaired) electrons. The molecule has 0 spiro atoms. The first-order chi connectivity index (χ1) is 15.7. The summed E-state index contributed by atoms with van der Waals surface area (Å²) < 4.78 is 39.7. The summed E-state index contributed by atoms with van der Waals surface area (Å²) >= 11 is 0. The Morgan fingerprint density at radius 3 is 2.33 bits per heavy atom. The van der Waals surface area contributed by atoms with Gasteiger partial charge in [0.2, 0.25) is 5.91 Å². The SMILES string of the molecule is Cc1cc(NC(=O)C2CCN(C(=O)c3ccc(C(F)(F)F)cc3)CC2)ccc1-n1cnnn1. The lowest BCUT2D eigenvalue weighted by atomic mass is 9.95. The van der Waals surface area contributed by atoms with Crippen molar-refractivity contribution in [3.05, 3.63) is 65.5 Å². The molecule has 1 aliphatic heterocycles. The Morgan fingerprint density at radius 1 is 1.06 bits per heavy atom. The van der Waals surface area contributed by atoms with E-state index in [1.165, 1.54) is 23.1 Å². The van der Waals surface area contributed by atoms with Gasteiger partial charge in [-0.2, -0.15) is 13.2 Å². The second-order valence-electron chi connectivity index (χ2n) is 7.89. The molecule has 0 saturated carbocycles. The highest BCUT2D eigenvalue weighted by Gasteiger charge is 2.31. The monoisotopic (exact) mass is 458 g/mol. The number of nitrogens with one attached hydrogen (secondary N) is 1. The van der Waals surface area contributed by atoms with E-state index in [4.69, 9.17) is 0 Å². The summed E-state index contributed by atoms with van der Waals surface area (Å²) in [5, 5.41) is 14.0. The number of alkyl halides is 3. The van der Waals surface area contributed by atoms with Gasteiger partial charge in [0.1, 0.15) is 6.33 Å². The van der Waals surface area contributed by atoms with Crippen molar-refractivity contribution in [2.75, 3.05) is 18.4 Å².